The summed E-state index contributed by atoms with van der Waals surface area (Å²) in [5.74, 6) is -0.392. The maximum atomic E-state index is 13.0. The normalized spacial score (nSPS) is 25.2. The Morgan fingerprint density at radius 3 is 2.58 bits per heavy atom. The molecule has 0 aliphatic carbocycles. The number of hydrogen-bond acceptors (Lipinski definition) is 5. The number of rotatable bonds is 5. The van der Waals surface area contributed by atoms with Crippen LogP contribution in [0.4, 0.5) is 5.69 Å². The molecule has 4 rings (SSSR count). The lowest BCUT2D eigenvalue weighted by atomic mass is 9.94. The molecule has 0 bridgehead atoms. The van der Waals surface area contributed by atoms with E-state index in [0.717, 1.165) is 24.1 Å². The van der Waals surface area contributed by atoms with E-state index in [4.69, 9.17) is 9.25 Å². The lowest BCUT2D eigenvalue weighted by molar-refractivity contribution is -0.143. The van der Waals surface area contributed by atoms with Gasteiger partial charge in [0, 0.05) is 6.54 Å². The number of likely N-dealkylation sites (tertiary alicyclic amines) is 1. The number of fused-ring (bicyclic) bond motifs is 1. The highest BCUT2D eigenvalue weighted by molar-refractivity contribution is 6.07. The predicted molar refractivity (Wildman–Crippen MR) is 95.1 cm³/mol. The summed E-state index contributed by atoms with van der Waals surface area (Å²) in [7, 11) is 0. The van der Waals surface area contributed by atoms with Crippen LogP contribution < -0.4 is 5.06 Å². The summed E-state index contributed by atoms with van der Waals surface area (Å²) >= 11 is 0. The fourth-order valence-corrected chi connectivity index (χ4v) is 3.78. The average molecular weight is 354 g/mol. The van der Waals surface area contributed by atoms with Crippen LogP contribution in [0.15, 0.2) is 47.1 Å². The molecule has 1 aromatic carbocycles. The maximum absolute atomic E-state index is 13.0. The molecule has 2 saturated heterocycles. The fraction of sp³-hybridized carbons (Fsp3) is 0.400. The minimum Gasteiger partial charge on any atom is -0.467 e. The van der Waals surface area contributed by atoms with Crippen LogP contribution in [0.3, 0.4) is 0 Å². The number of carbonyl (C=O) groups excluding carboxylic acids is 2. The van der Waals surface area contributed by atoms with Crippen molar-refractivity contribution in [3.05, 3.63) is 54.0 Å². The Hall–Kier alpha value is -2.60. The van der Waals surface area contributed by atoms with Crippen LogP contribution in [0, 0.1) is 12.8 Å². The maximum Gasteiger partial charge on any atom is 0.262 e. The molecule has 0 unspecified atom stereocenters. The molecule has 136 valence electrons. The Morgan fingerprint density at radius 2 is 1.88 bits per heavy atom. The van der Waals surface area contributed by atoms with Gasteiger partial charge in [0.15, 0.2) is 6.10 Å². The van der Waals surface area contributed by atoms with Gasteiger partial charge in [0.05, 0.1) is 12.0 Å². The predicted octanol–water partition coefficient (Wildman–Crippen LogP) is 3.23. The first-order valence-electron chi connectivity index (χ1n) is 9.03. The lowest BCUT2D eigenvalue weighted by Crippen LogP contribution is -2.37. The van der Waals surface area contributed by atoms with E-state index in [1.807, 2.05) is 44.2 Å². The van der Waals surface area contributed by atoms with Crippen molar-refractivity contribution >= 4 is 17.5 Å². The van der Waals surface area contributed by atoms with E-state index in [-0.39, 0.29) is 11.8 Å². The number of furan rings is 1. The molecule has 2 aliphatic rings. The summed E-state index contributed by atoms with van der Waals surface area (Å²) in [6, 6.07) is 10.9. The second kappa shape index (κ2) is 6.61. The van der Waals surface area contributed by atoms with Gasteiger partial charge in [0.25, 0.3) is 5.91 Å². The van der Waals surface area contributed by atoms with Crippen LogP contribution in [-0.2, 0) is 14.4 Å². The largest absolute Gasteiger partial charge is 0.467 e. The molecule has 1 aromatic heterocycles. The van der Waals surface area contributed by atoms with Gasteiger partial charge < -0.3 is 4.42 Å². The van der Waals surface area contributed by atoms with E-state index in [1.54, 1.807) is 17.4 Å². The first-order valence-corrected chi connectivity index (χ1v) is 9.03. The van der Waals surface area contributed by atoms with Gasteiger partial charge in [-0.25, -0.2) is 5.06 Å². The fourth-order valence-electron chi connectivity index (χ4n) is 3.78. The Bertz CT molecular complexity index is 817. The topological polar surface area (TPSA) is 63.0 Å². The number of hydroxylamine groups is 1. The zero-order valence-corrected chi connectivity index (χ0v) is 14.9. The van der Waals surface area contributed by atoms with Crippen molar-refractivity contribution in [2.45, 2.75) is 38.8 Å². The minimum atomic E-state index is -0.797. The molecule has 2 aliphatic heterocycles. The molecule has 2 fully saturated rings. The molecular weight excluding hydrogens is 332 g/mol. The number of para-hydroxylation sites is 1. The number of imide groups is 1. The zero-order valence-electron chi connectivity index (χ0n) is 14.9. The van der Waals surface area contributed by atoms with Gasteiger partial charge in [-0.2, -0.15) is 0 Å². The Morgan fingerprint density at radius 1 is 1.08 bits per heavy atom. The Labute approximate surface area is 152 Å². The van der Waals surface area contributed by atoms with Crippen LogP contribution in [-0.4, -0.2) is 29.4 Å². The Balaban J connectivity index is 1.73. The van der Waals surface area contributed by atoms with Gasteiger partial charge in [0.2, 0.25) is 5.91 Å². The van der Waals surface area contributed by atoms with Gasteiger partial charge in [-0.15, -0.1) is 0 Å². The number of nitrogens with zero attached hydrogens (tertiary/aromatic N) is 2. The molecule has 0 saturated carbocycles. The summed E-state index contributed by atoms with van der Waals surface area (Å²) < 4.78 is 5.61. The van der Waals surface area contributed by atoms with Crippen LogP contribution in [0.2, 0.25) is 0 Å². The van der Waals surface area contributed by atoms with E-state index in [9.17, 15) is 9.59 Å². The van der Waals surface area contributed by atoms with Gasteiger partial charge in [-0.05, 0) is 37.1 Å². The zero-order chi connectivity index (χ0) is 18.3. The molecule has 2 aromatic rings. The van der Waals surface area contributed by atoms with E-state index in [0.29, 0.717) is 12.3 Å². The molecule has 3 heterocycles. The number of unbranched alkanes of at least 4 members (excludes halogenated alkanes) is 1. The second-order valence-electron chi connectivity index (χ2n) is 6.81. The number of amides is 2. The molecule has 0 spiro atoms. The summed E-state index contributed by atoms with van der Waals surface area (Å²) in [4.78, 5) is 33.2. The third-order valence-electron chi connectivity index (χ3n) is 5.13. The van der Waals surface area contributed by atoms with Crippen LogP contribution in [0.25, 0.3) is 0 Å². The van der Waals surface area contributed by atoms with Crippen molar-refractivity contribution < 1.29 is 18.8 Å². The summed E-state index contributed by atoms with van der Waals surface area (Å²) in [5.41, 5.74) is 1.84. The smallest absolute Gasteiger partial charge is 0.262 e. The highest BCUT2D eigenvalue weighted by atomic mass is 16.7. The van der Waals surface area contributed by atoms with Crippen LogP contribution >= 0.6 is 0 Å². The van der Waals surface area contributed by atoms with Crippen LogP contribution in [0.1, 0.15) is 37.1 Å². The molecule has 6 nitrogen and oxygen atoms in total. The van der Waals surface area contributed by atoms with Crippen molar-refractivity contribution in [1.82, 2.24) is 4.90 Å². The Kier molecular flexibility index (Phi) is 4.28. The standard InChI is InChI=1S/C20H22N2O4/c1-3-4-11-21-19(23)16-17(15-10-7-12-25-15)22(26-18(16)20(21)24)14-9-6-5-8-13(14)2/h5-10,12,16-18H,3-4,11H2,1-2H3/t16-,17+,18+/m0/s1. The average Bonchev–Trinajstić information content (AvgIpc) is 3.33. The second-order valence-corrected chi connectivity index (χ2v) is 6.81. The van der Waals surface area contributed by atoms with E-state index in [1.165, 1.54) is 4.90 Å². The molecule has 26 heavy (non-hydrogen) atoms. The molecular formula is C20H22N2O4. The van der Waals surface area contributed by atoms with E-state index >= 15 is 0 Å². The van der Waals surface area contributed by atoms with Crippen molar-refractivity contribution in [3.63, 3.8) is 0 Å². The minimum absolute atomic E-state index is 0.175. The number of hydrogen-bond donors (Lipinski definition) is 0. The van der Waals surface area contributed by atoms with Gasteiger partial charge in [-0.1, -0.05) is 31.5 Å². The highest BCUT2D eigenvalue weighted by Gasteiger charge is 2.60. The number of aryl methyl sites for hydroxylation is 1. The quantitative estimate of drug-likeness (QED) is 0.772. The molecule has 6 heteroatoms. The van der Waals surface area contributed by atoms with Crippen LogP contribution in [0.5, 0.6) is 0 Å². The van der Waals surface area contributed by atoms with Gasteiger partial charge in [-0.3, -0.25) is 19.3 Å². The summed E-state index contributed by atoms with van der Waals surface area (Å²) in [5, 5.41) is 1.68. The third kappa shape index (κ3) is 2.52. The van der Waals surface area contributed by atoms with Crippen molar-refractivity contribution in [1.29, 1.82) is 0 Å². The summed E-state index contributed by atoms with van der Waals surface area (Å²) in [6.07, 6.45) is 2.50. The molecule has 2 amide bonds. The number of carbonyl (C=O) groups is 2. The third-order valence-corrected chi connectivity index (χ3v) is 5.13. The SMILES string of the molecule is CCCCN1C(=O)[C@H]2[C@@H](c3ccco3)N(c3ccccc3C)O[C@H]2C1=O. The van der Waals surface area contributed by atoms with Crippen molar-refractivity contribution in [3.8, 4) is 0 Å². The lowest BCUT2D eigenvalue weighted by Gasteiger charge is -2.28. The van der Waals surface area contributed by atoms with Gasteiger partial charge >= 0.3 is 0 Å². The summed E-state index contributed by atoms with van der Waals surface area (Å²) in [6.45, 7) is 4.46. The highest BCUT2D eigenvalue weighted by Crippen LogP contribution is 2.47. The number of benzene rings is 1. The molecule has 0 N–H and O–H groups in total. The van der Waals surface area contributed by atoms with Crippen molar-refractivity contribution in [2.24, 2.45) is 5.92 Å². The molecule has 0 radical (unpaired) electrons. The van der Waals surface area contributed by atoms with Crippen molar-refractivity contribution in [2.75, 3.05) is 11.6 Å². The first kappa shape index (κ1) is 16.8. The molecule has 3 atom stereocenters. The van der Waals surface area contributed by atoms with E-state index in [2.05, 4.69) is 0 Å². The van der Waals surface area contributed by atoms with E-state index < -0.39 is 18.1 Å². The van der Waals surface area contributed by atoms with Gasteiger partial charge in [0.1, 0.15) is 17.7 Å². The number of anilines is 1. The monoisotopic (exact) mass is 354 g/mol. The first-order chi connectivity index (χ1) is 12.6.